The molecule has 29 heavy (non-hydrogen) atoms. The number of methoxy groups -OCH3 is 1. The molecular weight excluding hydrogens is 387 g/mol. The lowest BCUT2D eigenvalue weighted by Gasteiger charge is -2.31. The van der Waals surface area contributed by atoms with Crippen LogP contribution in [0.3, 0.4) is 0 Å². The van der Waals surface area contributed by atoms with Gasteiger partial charge in [-0.2, -0.15) is 13.2 Å². The van der Waals surface area contributed by atoms with Gasteiger partial charge in [-0.05, 0) is 50.8 Å². The molecule has 1 aliphatic rings. The van der Waals surface area contributed by atoms with Gasteiger partial charge in [-0.15, -0.1) is 0 Å². The van der Waals surface area contributed by atoms with Gasteiger partial charge in [-0.3, -0.25) is 9.59 Å². The molecule has 0 aliphatic heterocycles. The van der Waals surface area contributed by atoms with Crippen LogP contribution in [0.15, 0.2) is 24.3 Å². The molecule has 0 spiro atoms. The molecule has 1 saturated carbocycles. The molecule has 0 bridgehead atoms. The first-order valence-electron chi connectivity index (χ1n) is 9.80. The number of alkyl halides is 3. The zero-order valence-corrected chi connectivity index (χ0v) is 16.9. The van der Waals surface area contributed by atoms with E-state index in [1.54, 1.807) is 38.1 Å². The normalized spacial score (nSPS) is 20.8. The first-order chi connectivity index (χ1) is 13.6. The van der Waals surface area contributed by atoms with Crippen LogP contribution in [0.4, 0.5) is 13.2 Å². The number of amides is 1. The predicted molar refractivity (Wildman–Crippen MR) is 101 cm³/mol. The van der Waals surface area contributed by atoms with Crippen LogP contribution in [0.25, 0.3) is 0 Å². The average molecular weight is 415 g/mol. The maximum absolute atomic E-state index is 13.1. The lowest BCUT2D eigenvalue weighted by atomic mass is 9.80. The van der Waals surface area contributed by atoms with E-state index in [1.165, 1.54) is 7.11 Å². The van der Waals surface area contributed by atoms with Crippen LogP contribution in [0.2, 0.25) is 0 Å². The van der Waals surface area contributed by atoms with E-state index < -0.39 is 35.9 Å². The van der Waals surface area contributed by atoms with Gasteiger partial charge in [0, 0.05) is 5.92 Å². The second-order valence-electron chi connectivity index (χ2n) is 7.68. The van der Waals surface area contributed by atoms with Gasteiger partial charge >= 0.3 is 12.1 Å². The highest BCUT2D eigenvalue weighted by Crippen LogP contribution is 2.40. The Morgan fingerprint density at radius 1 is 1.17 bits per heavy atom. The summed E-state index contributed by atoms with van der Waals surface area (Å²) in [4.78, 5) is 24.9. The van der Waals surface area contributed by atoms with Gasteiger partial charge in [0.05, 0.1) is 31.6 Å². The molecular formula is C21H28F3NO4. The largest absolute Gasteiger partial charge is 0.497 e. The summed E-state index contributed by atoms with van der Waals surface area (Å²) >= 11 is 0. The number of rotatable bonds is 7. The third kappa shape index (κ3) is 6.94. The zero-order valence-electron chi connectivity index (χ0n) is 16.9. The highest BCUT2D eigenvalue weighted by atomic mass is 19.4. The van der Waals surface area contributed by atoms with Crippen LogP contribution in [0.5, 0.6) is 5.75 Å². The summed E-state index contributed by atoms with van der Waals surface area (Å²) in [5, 5.41) is 2.77. The Morgan fingerprint density at radius 2 is 1.83 bits per heavy atom. The van der Waals surface area contributed by atoms with E-state index in [9.17, 15) is 22.8 Å². The number of carbonyl (C=O) groups is 2. The summed E-state index contributed by atoms with van der Waals surface area (Å²) < 4.78 is 49.5. The SMILES string of the molecule is COc1ccc(C(CC(=O)OC(C)C)NC(=O)C2CCCC(C(F)(F)F)C2)cc1. The summed E-state index contributed by atoms with van der Waals surface area (Å²) in [6, 6.07) is 6.13. The average Bonchev–Trinajstić information content (AvgIpc) is 2.66. The van der Waals surface area contributed by atoms with Gasteiger partial charge in [0.15, 0.2) is 0 Å². The summed E-state index contributed by atoms with van der Waals surface area (Å²) in [5.41, 5.74) is 0.656. The molecule has 5 nitrogen and oxygen atoms in total. The molecule has 0 saturated heterocycles. The van der Waals surface area contributed by atoms with Crippen molar-refractivity contribution in [2.24, 2.45) is 11.8 Å². The quantitative estimate of drug-likeness (QED) is 0.663. The number of hydrogen-bond acceptors (Lipinski definition) is 4. The van der Waals surface area contributed by atoms with Crippen molar-refractivity contribution in [2.45, 2.75) is 64.3 Å². The molecule has 8 heteroatoms. The van der Waals surface area contributed by atoms with Gasteiger partial charge in [-0.25, -0.2) is 0 Å². The van der Waals surface area contributed by atoms with Crippen molar-refractivity contribution in [2.75, 3.05) is 7.11 Å². The number of esters is 1. The van der Waals surface area contributed by atoms with Crippen molar-refractivity contribution in [3.8, 4) is 5.75 Å². The summed E-state index contributed by atoms with van der Waals surface area (Å²) in [5.74, 6) is -2.52. The van der Waals surface area contributed by atoms with Crippen molar-refractivity contribution in [1.29, 1.82) is 0 Å². The van der Waals surface area contributed by atoms with Crippen LogP contribution >= 0.6 is 0 Å². The Bertz CT molecular complexity index is 688. The smallest absolute Gasteiger partial charge is 0.391 e. The fourth-order valence-electron chi connectivity index (χ4n) is 3.58. The van der Waals surface area contributed by atoms with E-state index in [0.29, 0.717) is 24.2 Å². The second kappa shape index (κ2) is 9.98. The van der Waals surface area contributed by atoms with E-state index in [-0.39, 0.29) is 25.4 Å². The zero-order chi connectivity index (χ0) is 21.6. The fourth-order valence-corrected chi connectivity index (χ4v) is 3.58. The Kier molecular flexibility index (Phi) is 7.93. The van der Waals surface area contributed by atoms with Gasteiger partial charge in [-0.1, -0.05) is 18.6 Å². The second-order valence-corrected chi connectivity index (χ2v) is 7.68. The van der Waals surface area contributed by atoms with E-state index >= 15 is 0 Å². The van der Waals surface area contributed by atoms with E-state index in [2.05, 4.69) is 5.32 Å². The first-order valence-corrected chi connectivity index (χ1v) is 9.80. The highest BCUT2D eigenvalue weighted by molar-refractivity contribution is 5.80. The molecule has 1 aromatic carbocycles. The molecule has 1 aromatic rings. The van der Waals surface area contributed by atoms with Crippen LogP contribution in [-0.4, -0.2) is 31.3 Å². The third-order valence-corrected chi connectivity index (χ3v) is 5.08. The molecule has 2 rings (SSSR count). The van der Waals surface area contributed by atoms with Crippen molar-refractivity contribution in [3.05, 3.63) is 29.8 Å². The monoisotopic (exact) mass is 415 g/mol. The Balaban J connectivity index is 2.12. The highest BCUT2D eigenvalue weighted by Gasteiger charge is 2.43. The number of benzene rings is 1. The van der Waals surface area contributed by atoms with E-state index in [4.69, 9.17) is 9.47 Å². The maximum Gasteiger partial charge on any atom is 0.391 e. The molecule has 0 heterocycles. The van der Waals surface area contributed by atoms with E-state index in [0.717, 1.165) is 0 Å². The predicted octanol–water partition coefficient (Wildman–Crippen LogP) is 4.56. The molecule has 162 valence electrons. The number of hydrogen-bond donors (Lipinski definition) is 1. The topological polar surface area (TPSA) is 64.6 Å². The summed E-state index contributed by atoms with van der Waals surface area (Å²) in [6.07, 6.45) is -4.12. The lowest BCUT2D eigenvalue weighted by Crippen LogP contribution is -2.39. The Hall–Kier alpha value is -2.25. The minimum absolute atomic E-state index is 0.0515. The van der Waals surface area contributed by atoms with Crippen LogP contribution < -0.4 is 10.1 Å². The summed E-state index contributed by atoms with van der Waals surface area (Å²) in [6.45, 7) is 3.44. The van der Waals surface area contributed by atoms with Gasteiger partial charge in [0.25, 0.3) is 0 Å². The Morgan fingerprint density at radius 3 is 2.38 bits per heavy atom. The van der Waals surface area contributed by atoms with E-state index in [1.807, 2.05) is 0 Å². The number of ether oxygens (including phenoxy) is 2. The standard InChI is InChI=1S/C21H28F3NO4/c1-13(2)29-19(26)12-18(14-7-9-17(28-3)10-8-14)25-20(27)15-5-4-6-16(11-15)21(22,23)24/h7-10,13,15-16,18H,4-6,11-12H2,1-3H3,(H,25,27). The molecule has 1 aliphatic carbocycles. The Labute approximate surface area is 168 Å². The van der Waals surface area contributed by atoms with Crippen LogP contribution in [0.1, 0.15) is 57.6 Å². The van der Waals surface area contributed by atoms with Crippen molar-refractivity contribution in [1.82, 2.24) is 5.32 Å². The molecule has 3 unspecified atom stereocenters. The fraction of sp³-hybridized carbons (Fsp3) is 0.619. The van der Waals surface area contributed by atoms with Gasteiger partial charge in [0.2, 0.25) is 5.91 Å². The summed E-state index contributed by atoms with van der Waals surface area (Å²) in [7, 11) is 1.52. The van der Waals surface area contributed by atoms with Crippen LogP contribution in [-0.2, 0) is 14.3 Å². The molecule has 0 radical (unpaired) electrons. The molecule has 1 amide bonds. The van der Waals surface area contributed by atoms with Crippen molar-refractivity contribution < 1.29 is 32.2 Å². The van der Waals surface area contributed by atoms with Gasteiger partial charge < -0.3 is 14.8 Å². The minimum atomic E-state index is -4.30. The molecule has 0 aromatic heterocycles. The third-order valence-electron chi connectivity index (χ3n) is 5.08. The van der Waals surface area contributed by atoms with Crippen molar-refractivity contribution in [3.63, 3.8) is 0 Å². The van der Waals surface area contributed by atoms with Crippen LogP contribution in [0, 0.1) is 11.8 Å². The lowest BCUT2D eigenvalue weighted by molar-refractivity contribution is -0.186. The first kappa shape index (κ1) is 23.0. The molecule has 1 fully saturated rings. The van der Waals surface area contributed by atoms with Gasteiger partial charge in [0.1, 0.15) is 5.75 Å². The number of carbonyl (C=O) groups excluding carboxylic acids is 2. The minimum Gasteiger partial charge on any atom is -0.497 e. The number of nitrogens with one attached hydrogen (secondary N) is 1. The maximum atomic E-state index is 13.1. The molecule has 3 atom stereocenters. The molecule has 1 N–H and O–H groups in total. The number of halogens is 3. The van der Waals surface area contributed by atoms with Crippen molar-refractivity contribution >= 4 is 11.9 Å².